The van der Waals surface area contributed by atoms with Crippen LogP contribution in [-0.4, -0.2) is 25.7 Å². The fraction of sp³-hybridized carbons (Fsp3) is 0.750. The lowest BCUT2D eigenvalue weighted by molar-refractivity contribution is 0.0553. The molecule has 0 aliphatic rings. The normalized spacial score (nSPS) is 16.0. The van der Waals surface area contributed by atoms with Gasteiger partial charge in [0.15, 0.2) is 0 Å². The molecule has 1 rings (SSSR count). The van der Waals surface area contributed by atoms with Crippen molar-refractivity contribution in [1.82, 2.24) is 15.0 Å². The first kappa shape index (κ1) is 9.19. The van der Waals surface area contributed by atoms with Crippen LogP contribution in [0.15, 0.2) is 6.20 Å². The molecule has 12 heavy (non-hydrogen) atoms. The molecule has 0 saturated heterocycles. The first-order valence-corrected chi connectivity index (χ1v) is 4.11. The third kappa shape index (κ3) is 2.30. The van der Waals surface area contributed by atoms with Gasteiger partial charge in [0.1, 0.15) is 0 Å². The maximum absolute atomic E-state index is 9.71. The smallest absolute Gasteiger partial charge is 0.0855 e. The second kappa shape index (κ2) is 3.23. The van der Waals surface area contributed by atoms with E-state index in [2.05, 4.69) is 10.2 Å². The summed E-state index contributed by atoms with van der Waals surface area (Å²) in [4.78, 5) is 1.50. The van der Waals surface area contributed by atoms with E-state index in [0.717, 1.165) is 12.1 Å². The number of aliphatic hydroxyl groups is 1. The zero-order valence-corrected chi connectivity index (χ0v) is 7.78. The monoisotopic (exact) mass is 169 g/mol. The van der Waals surface area contributed by atoms with Gasteiger partial charge >= 0.3 is 0 Å². The highest BCUT2D eigenvalue weighted by Gasteiger charge is 2.19. The van der Waals surface area contributed by atoms with Gasteiger partial charge in [-0.3, -0.25) is 0 Å². The molecule has 0 bridgehead atoms. The Morgan fingerprint density at radius 1 is 1.67 bits per heavy atom. The van der Waals surface area contributed by atoms with Gasteiger partial charge in [-0.15, -0.1) is 0 Å². The standard InChI is InChI=1S/C8H15N3O/c1-4-8(2,12)5-7-6-9-11(3)10-7/h6,12H,4-5H2,1-3H3. The van der Waals surface area contributed by atoms with E-state index < -0.39 is 5.60 Å². The Hall–Kier alpha value is -0.900. The molecule has 4 heteroatoms. The second-order valence-corrected chi connectivity index (χ2v) is 3.35. The van der Waals surface area contributed by atoms with E-state index in [9.17, 15) is 5.11 Å². The summed E-state index contributed by atoms with van der Waals surface area (Å²) < 4.78 is 0. The molecule has 0 amide bonds. The summed E-state index contributed by atoms with van der Waals surface area (Å²) in [5.41, 5.74) is 0.181. The van der Waals surface area contributed by atoms with Crippen LogP contribution in [0.2, 0.25) is 0 Å². The van der Waals surface area contributed by atoms with Crippen LogP contribution in [0.1, 0.15) is 26.0 Å². The SMILES string of the molecule is CCC(C)(O)Cc1cnn(C)n1. The first-order valence-electron chi connectivity index (χ1n) is 4.11. The van der Waals surface area contributed by atoms with Gasteiger partial charge < -0.3 is 5.11 Å². The third-order valence-electron chi connectivity index (χ3n) is 1.97. The highest BCUT2D eigenvalue weighted by Crippen LogP contribution is 2.13. The van der Waals surface area contributed by atoms with Gasteiger partial charge in [-0.05, 0) is 13.3 Å². The molecular formula is C8H15N3O. The average Bonchev–Trinajstić information content (AvgIpc) is 2.35. The molecule has 1 atom stereocenters. The molecular weight excluding hydrogens is 154 g/mol. The van der Waals surface area contributed by atoms with Crippen molar-refractivity contribution in [2.45, 2.75) is 32.3 Å². The third-order valence-corrected chi connectivity index (χ3v) is 1.97. The van der Waals surface area contributed by atoms with Crippen molar-refractivity contribution >= 4 is 0 Å². The zero-order valence-electron chi connectivity index (χ0n) is 7.78. The predicted molar refractivity (Wildman–Crippen MR) is 45.6 cm³/mol. The molecule has 1 heterocycles. The van der Waals surface area contributed by atoms with E-state index in [1.54, 1.807) is 13.2 Å². The van der Waals surface area contributed by atoms with E-state index in [4.69, 9.17) is 0 Å². The maximum atomic E-state index is 9.71. The lowest BCUT2D eigenvalue weighted by atomic mass is 9.98. The summed E-state index contributed by atoms with van der Waals surface area (Å²) >= 11 is 0. The molecule has 1 unspecified atom stereocenters. The van der Waals surface area contributed by atoms with Crippen molar-refractivity contribution in [2.24, 2.45) is 7.05 Å². The van der Waals surface area contributed by atoms with E-state index in [0.29, 0.717) is 6.42 Å². The molecule has 0 radical (unpaired) electrons. The van der Waals surface area contributed by atoms with Crippen LogP contribution in [-0.2, 0) is 13.5 Å². The number of hydrogen-bond acceptors (Lipinski definition) is 3. The molecule has 0 aromatic carbocycles. The van der Waals surface area contributed by atoms with Crippen LogP contribution in [0.3, 0.4) is 0 Å². The molecule has 1 N–H and O–H groups in total. The summed E-state index contributed by atoms with van der Waals surface area (Å²) in [5.74, 6) is 0. The first-order chi connectivity index (χ1) is 5.53. The van der Waals surface area contributed by atoms with Crippen molar-refractivity contribution in [3.8, 4) is 0 Å². The highest BCUT2D eigenvalue weighted by atomic mass is 16.3. The molecule has 0 aliphatic heterocycles. The van der Waals surface area contributed by atoms with Crippen LogP contribution in [0.5, 0.6) is 0 Å². The van der Waals surface area contributed by atoms with Crippen LogP contribution >= 0.6 is 0 Å². The summed E-state index contributed by atoms with van der Waals surface area (Å²) in [6.07, 6.45) is 2.98. The summed E-state index contributed by atoms with van der Waals surface area (Å²) in [6.45, 7) is 3.76. The Labute approximate surface area is 72.2 Å². The van der Waals surface area contributed by atoms with E-state index >= 15 is 0 Å². The van der Waals surface area contributed by atoms with Crippen molar-refractivity contribution in [1.29, 1.82) is 0 Å². The molecule has 1 aromatic rings. The van der Waals surface area contributed by atoms with Crippen molar-refractivity contribution in [3.05, 3.63) is 11.9 Å². The maximum Gasteiger partial charge on any atom is 0.0855 e. The van der Waals surface area contributed by atoms with Crippen molar-refractivity contribution in [3.63, 3.8) is 0 Å². The van der Waals surface area contributed by atoms with E-state index in [-0.39, 0.29) is 0 Å². The van der Waals surface area contributed by atoms with E-state index in [1.807, 2.05) is 13.8 Å². The Balaban J connectivity index is 2.63. The Morgan fingerprint density at radius 2 is 2.33 bits per heavy atom. The summed E-state index contributed by atoms with van der Waals surface area (Å²) in [5, 5.41) is 17.7. The molecule has 0 saturated carbocycles. The highest BCUT2D eigenvalue weighted by molar-refractivity contribution is 4.97. The molecule has 0 aliphatic carbocycles. The predicted octanol–water partition coefficient (Wildman–Crippen LogP) is 0.519. The lowest BCUT2D eigenvalue weighted by Gasteiger charge is -2.18. The van der Waals surface area contributed by atoms with Crippen molar-refractivity contribution < 1.29 is 5.11 Å². The van der Waals surface area contributed by atoms with Gasteiger partial charge in [-0.1, -0.05) is 6.92 Å². The number of nitrogens with zero attached hydrogens (tertiary/aromatic N) is 3. The number of aromatic nitrogens is 3. The fourth-order valence-electron chi connectivity index (χ4n) is 0.984. The summed E-state index contributed by atoms with van der Waals surface area (Å²) in [7, 11) is 1.77. The largest absolute Gasteiger partial charge is 0.390 e. The topological polar surface area (TPSA) is 50.9 Å². The van der Waals surface area contributed by atoms with Crippen LogP contribution in [0.25, 0.3) is 0 Å². The van der Waals surface area contributed by atoms with Gasteiger partial charge in [0.2, 0.25) is 0 Å². The van der Waals surface area contributed by atoms with Crippen molar-refractivity contribution in [2.75, 3.05) is 0 Å². The molecule has 0 spiro atoms. The van der Waals surface area contributed by atoms with Crippen LogP contribution < -0.4 is 0 Å². The Morgan fingerprint density at radius 3 is 2.75 bits per heavy atom. The minimum absolute atomic E-state index is 0.567. The second-order valence-electron chi connectivity index (χ2n) is 3.35. The summed E-state index contributed by atoms with van der Waals surface area (Å²) in [6, 6.07) is 0. The van der Waals surface area contributed by atoms with Crippen LogP contribution in [0, 0.1) is 0 Å². The lowest BCUT2D eigenvalue weighted by Crippen LogP contribution is -2.26. The quantitative estimate of drug-likeness (QED) is 0.717. The fourth-order valence-corrected chi connectivity index (χ4v) is 0.984. The zero-order chi connectivity index (χ0) is 9.19. The molecule has 68 valence electrons. The van der Waals surface area contributed by atoms with Crippen LogP contribution in [0.4, 0.5) is 0 Å². The molecule has 0 fully saturated rings. The van der Waals surface area contributed by atoms with Gasteiger partial charge in [0, 0.05) is 13.5 Å². The van der Waals surface area contributed by atoms with Gasteiger partial charge in [0.05, 0.1) is 17.5 Å². The molecule has 1 aromatic heterocycles. The minimum atomic E-state index is -0.657. The number of aryl methyl sites for hydroxylation is 1. The van der Waals surface area contributed by atoms with Gasteiger partial charge in [0.25, 0.3) is 0 Å². The number of rotatable bonds is 3. The number of hydrogen-bond donors (Lipinski definition) is 1. The minimum Gasteiger partial charge on any atom is -0.390 e. The average molecular weight is 169 g/mol. The van der Waals surface area contributed by atoms with Gasteiger partial charge in [-0.25, -0.2) is 0 Å². The Bertz CT molecular complexity index is 255. The van der Waals surface area contributed by atoms with Gasteiger partial charge in [-0.2, -0.15) is 15.0 Å². The van der Waals surface area contributed by atoms with E-state index in [1.165, 1.54) is 4.80 Å². The molecule has 4 nitrogen and oxygen atoms in total. The Kier molecular flexibility index (Phi) is 2.47.